The molecular weight excluding hydrogens is 260 g/mol. The smallest absolute Gasteiger partial charge is 0.248 e. The molecule has 2 aromatic rings. The van der Waals surface area contributed by atoms with Crippen LogP contribution in [0.25, 0.3) is 11.0 Å². The van der Waals surface area contributed by atoms with Crippen molar-refractivity contribution < 1.29 is 14.7 Å². The molecule has 1 aromatic carbocycles. The normalized spacial score (nSPS) is 12.2. The van der Waals surface area contributed by atoms with E-state index in [1.165, 1.54) is 0 Å². The number of rotatable bonds is 6. The Hall–Kier alpha value is -2.41. The number of fused-ring (bicyclic) bond motifs is 1. The molecule has 0 saturated carbocycles. The average molecular weight is 276 g/mol. The van der Waals surface area contributed by atoms with Crippen LogP contribution in [0.4, 0.5) is 0 Å². The molecule has 1 aromatic heterocycles. The third kappa shape index (κ3) is 3.33. The highest BCUT2D eigenvalue weighted by atomic mass is 16.3. The molecule has 0 saturated heterocycles. The first-order valence-electron chi connectivity index (χ1n) is 6.22. The Balaban J connectivity index is 1.86. The largest absolute Gasteiger partial charge is 0.381 e. The van der Waals surface area contributed by atoms with Crippen LogP contribution in [0.3, 0.4) is 0 Å². The van der Waals surface area contributed by atoms with Crippen LogP contribution in [-0.4, -0.2) is 39.1 Å². The van der Waals surface area contributed by atoms with Crippen LogP contribution in [0.1, 0.15) is 6.42 Å². The molecule has 0 aliphatic carbocycles. The van der Waals surface area contributed by atoms with Gasteiger partial charge in [-0.1, -0.05) is 12.1 Å². The fourth-order valence-corrected chi connectivity index (χ4v) is 1.81. The second-order valence-corrected chi connectivity index (χ2v) is 4.40. The standard InChI is InChI=1S/C13H16N4O3/c14-13(20)11(18)7-15-12(19)5-6-17-8-16-9-3-1-2-4-10(9)17/h1-4,8,11,18H,5-7H2,(H2,14,20)(H,15,19). The number of aromatic nitrogens is 2. The van der Waals surface area contributed by atoms with Crippen molar-refractivity contribution >= 4 is 22.8 Å². The number of aliphatic hydroxyl groups is 1. The number of imidazole rings is 1. The molecule has 7 nitrogen and oxygen atoms in total. The molecule has 0 aliphatic rings. The fourth-order valence-electron chi connectivity index (χ4n) is 1.81. The third-order valence-electron chi connectivity index (χ3n) is 2.93. The summed E-state index contributed by atoms with van der Waals surface area (Å²) in [5.74, 6) is -1.12. The van der Waals surface area contributed by atoms with Gasteiger partial charge in [0.2, 0.25) is 11.8 Å². The summed E-state index contributed by atoms with van der Waals surface area (Å²) < 4.78 is 1.87. The lowest BCUT2D eigenvalue weighted by atomic mass is 10.3. The lowest BCUT2D eigenvalue weighted by molar-refractivity contribution is -0.127. The minimum atomic E-state index is -1.35. The van der Waals surface area contributed by atoms with Crippen LogP contribution in [0, 0.1) is 0 Å². The van der Waals surface area contributed by atoms with Crippen LogP contribution in [0.2, 0.25) is 0 Å². The second kappa shape index (κ2) is 6.16. The van der Waals surface area contributed by atoms with Crippen molar-refractivity contribution in [3.8, 4) is 0 Å². The lowest BCUT2D eigenvalue weighted by Gasteiger charge is -2.09. The number of aryl methyl sites for hydroxylation is 1. The van der Waals surface area contributed by atoms with Gasteiger partial charge in [0.05, 0.1) is 23.9 Å². The van der Waals surface area contributed by atoms with Gasteiger partial charge in [-0.2, -0.15) is 0 Å². The summed E-state index contributed by atoms with van der Waals surface area (Å²) in [7, 11) is 0. The van der Waals surface area contributed by atoms with E-state index in [0.717, 1.165) is 11.0 Å². The van der Waals surface area contributed by atoms with Crippen molar-refractivity contribution in [2.24, 2.45) is 5.73 Å². The Morgan fingerprint density at radius 3 is 2.90 bits per heavy atom. The number of hydrogen-bond donors (Lipinski definition) is 3. The van der Waals surface area contributed by atoms with Gasteiger partial charge in [0, 0.05) is 13.0 Å². The maximum absolute atomic E-state index is 11.6. The molecular formula is C13H16N4O3. The van der Waals surface area contributed by atoms with Gasteiger partial charge in [-0.25, -0.2) is 4.98 Å². The van der Waals surface area contributed by atoms with Gasteiger partial charge >= 0.3 is 0 Å². The van der Waals surface area contributed by atoms with E-state index in [0.29, 0.717) is 6.54 Å². The van der Waals surface area contributed by atoms with Gasteiger partial charge in [0.25, 0.3) is 0 Å². The van der Waals surface area contributed by atoms with E-state index in [9.17, 15) is 9.59 Å². The van der Waals surface area contributed by atoms with E-state index in [1.54, 1.807) is 6.33 Å². The van der Waals surface area contributed by atoms with Crippen LogP contribution in [0.5, 0.6) is 0 Å². The molecule has 106 valence electrons. The van der Waals surface area contributed by atoms with Crippen molar-refractivity contribution in [3.05, 3.63) is 30.6 Å². The molecule has 1 unspecified atom stereocenters. The number of para-hydroxylation sites is 2. The van der Waals surface area contributed by atoms with E-state index < -0.39 is 12.0 Å². The number of carbonyl (C=O) groups is 2. The van der Waals surface area contributed by atoms with Gasteiger partial charge in [0.15, 0.2) is 0 Å². The van der Waals surface area contributed by atoms with E-state index in [-0.39, 0.29) is 18.9 Å². The molecule has 0 radical (unpaired) electrons. The summed E-state index contributed by atoms with van der Waals surface area (Å²) in [6, 6.07) is 7.63. The number of benzene rings is 1. The Kier molecular flexibility index (Phi) is 4.31. The lowest BCUT2D eigenvalue weighted by Crippen LogP contribution is -2.40. The topological polar surface area (TPSA) is 110 Å². The molecule has 2 amide bonds. The van der Waals surface area contributed by atoms with Crippen molar-refractivity contribution in [2.75, 3.05) is 6.54 Å². The highest BCUT2D eigenvalue weighted by molar-refractivity contribution is 5.81. The monoisotopic (exact) mass is 276 g/mol. The van der Waals surface area contributed by atoms with Gasteiger partial charge in [0.1, 0.15) is 6.10 Å². The Morgan fingerprint density at radius 2 is 2.15 bits per heavy atom. The first-order valence-corrected chi connectivity index (χ1v) is 6.22. The molecule has 20 heavy (non-hydrogen) atoms. The average Bonchev–Trinajstić information content (AvgIpc) is 2.85. The number of carbonyl (C=O) groups excluding carboxylic acids is 2. The zero-order valence-corrected chi connectivity index (χ0v) is 10.8. The highest BCUT2D eigenvalue weighted by Gasteiger charge is 2.12. The fraction of sp³-hybridized carbons (Fsp3) is 0.308. The summed E-state index contributed by atoms with van der Waals surface area (Å²) in [4.78, 5) is 26.4. The minimum absolute atomic E-state index is 0.168. The van der Waals surface area contributed by atoms with Crippen molar-refractivity contribution in [1.82, 2.24) is 14.9 Å². The molecule has 4 N–H and O–H groups in total. The number of nitrogens with two attached hydrogens (primary N) is 1. The second-order valence-electron chi connectivity index (χ2n) is 4.40. The predicted octanol–water partition coefficient (Wildman–Crippen LogP) is -0.611. The maximum Gasteiger partial charge on any atom is 0.248 e. The Labute approximate surface area is 115 Å². The summed E-state index contributed by atoms with van der Waals surface area (Å²) in [5.41, 5.74) is 6.71. The van der Waals surface area contributed by atoms with Crippen LogP contribution in [-0.2, 0) is 16.1 Å². The summed E-state index contributed by atoms with van der Waals surface area (Å²) >= 11 is 0. The molecule has 2 rings (SSSR count). The molecule has 0 spiro atoms. The Morgan fingerprint density at radius 1 is 1.40 bits per heavy atom. The summed E-state index contributed by atoms with van der Waals surface area (Å²) in [6.45, 7) is 0.303. The van der Waals surface area contributed by atoms with Gasteiger partial charge < -0.3 is 20.7 Å². The number of aliphatic hydroxyl groups excluding tert-OH is 1. The highest BCUT2D eigenvalue weighted by Crippen LogP contribution is 2.11. The number of amides is 2. The van der Waals surface area contributed by atoms with Crippen LogP contribution >= 0.6 is 0 Å². The molecule has 1 atom stereocenters. The van der Waals surface area contributed by atoms with E-state index in [2.05, 4.69) is 10.3 Å². The zero-order chi connectivity index (χ0) is 14.5. The first kappa shape index (κ1) is 14.0. The molecule has 0 bridgehead atoms. The maximum atomic E-state index is 11.6. The predicted molar refractivity (Wildman–Crippen MR) is 72.6 cm³/mol. The quantitative estimate of drug-likeness (QED) is 0.653. The van der Waals surface area contributed by atoms with E-state index >= 15 is 0 Å². The van der Waals surface area contributed by atoms with Crippen molar-refractivity contribution in [2.45, 2.75) is 19.1 Å². The van der Waals surface area contributed by atoms with E-state index in [1.807, 2.05) is 28.8 Å². The SMILES string of the molecule is NC(=O)C(O)CNC(=O)CCn1cnc2ccccc21. The molecule has 0 fully saturated rings. The number of nitrogens with one attached hydrogen (secondary N) is 1. The molecule has 1 heterocycles. The molecule has 0 aliphatic heterocycles. The zero-order valence-electron chi connectivity index (χ0n) is 10.8. The van der Waals surface area contributed by atoms with Crippen molar-refractivity contribution in [1.29, 1.82) is 0 Å². The Bertz CT molecular complexity index is 623. The summed E-state index contributed by atoms with van der Waals surface area (Å²) in [5, 5.41) is 11.6. The summed E-state index contributed by atoms with van der Waals surface area (Å²) in [6.07, 6.45) is 0.551. The van der Waals surface area contributed by atoms with Crippen LogP contribution in [0.15, 0.2) is 30.6 Å². The third-order valence-corrected chi connectivity index (χ3v) is 2.93. The molecule has 7 heteroatoms. The first-order chi connectivity index (χ1) is 9.58. The van der Waals surface area contributed by atoms with Gasteiger partial charge in [-0.15, -0.1) is 0 Å². The number of nitrogens with zero attached hydrogens (tertiary/aromatic N) is 2. The van der Waals surface area contributed by atoms with Gasteiger partial charge in [-0.05, 0) is 12.1 Å². The van der Waals surface area contributed by atoms with Crippen LogP contribution < -0.4 is 11.1 Å². The van der Waals surface area contributed by atoms with E-state index in [4.69, 9.17) is 10.8 Å². The number of primary amides is 1. The van der Waals surface area contributed by atoms with Crippen molar-refractivity contribution in [3.63, 3.8) is 0 Å². The van der Waals surface area contributed by atoms with Gasteiger partial charge in [-0.3, -0.25) is 9.59 Å². The number of hydrogen-bond acceptors (Lipinski definition) is 4. The minimum Gasteiger partial charge on any atom is -0.381 e.